The Balaban J connectivity index is 5.19. The first-order valence-electron chi connectivity index (χ1n) is 32.0. The molecule has 0 aromatic heterocycles. The van der Waals surface area contributed by atoms with Gasteiger partial charge in [0, 0.05) is 25.7 Å². The molecule has 0 saturated heterocycles. The number of unbranched alkanes of at least 4 members (excludes halogenated alkanes) is 30. The first-order chi connectivity index (χ1) is 38.4. The van der Waals surface area contributed by atoms with Crippen molar-refractivity contribution >= 4 is 39.5 Å². The third-order valence-corrected chi connectivity index (χ3v) is 15.9. The van der Waals surface area contributed by atoms with E-state index in [0.29, 0.717) is 31.6 Å². The summed E-state index contributed by atoms with van der Waals surface area (Å²) in [6, 6.07) is 0. The number of aliphatic hydroxyl groups is 1. The lowest BCUT2D eigenvalue weighted by Crippen LogP contribution is -2.30. The van der Waals surface area contributed by atoms with Crippen LogP contribution in [0.1, 0.15) is 298 Å². The number of phosphoric ester groups is 2. The van der Waals surface area contributed by atoms with Gasteiger partial charge in [-0.05, 0) is 37.5 Å². The van der Waals surface area contributed by atoms with Crippen molar-refractivity contribution in [3.63, 3.8) is 0 Å². The van der Waals surface area contributed by atoms with Crippen LogP contribution in [-0.4, -0.2) is 96.7 Å². The van der Waals surface area contributed by atoms with Crippen LogP contribution in [0.15, 0.2) is 0 Å². The Kier molecular flexibility index (Phi) is 52.5. The Morgan fingerprint density at radius 3 is 0.850 bits per heavy atom. The number of aliphatic hydroxyl groups excluding tert-OH is 1. The summed E-state index contributed by atoms with van der Waals surface area (Å²) in [7, 11) is -9.87. The van der Waals surface area contributed by atoms with Crippen LogP contribution in [0.5, 0.6) is 0 Å². The SMILES string of the molecule is CCCCCCCCCCCCCCCC(=O)O[C@H](COC(=O)CCCCCCCCCCCC(C)C)COP(=O)(O)OC[C@@H](O)COP(=O)(O)OC[C@@H](COC(=O)CCCCCCC)OC(=O)CCCCCCCCCC(C)C. The van der Waals surface area contributed by atoms with Crippen molar-refractivity contribution in [2.24, 2.45) is 11.8 Å². The molecule has 0 aromatic rings. The Labute approximate surface area is 486 Å². The summed E-state index contributed by atoms with van der Waals surface area (Å²) in [5, 5.41) is 10.5. The number of phosphoric acid groups is 2. The van der Waals surface area contributed by atoms with Crippen molar-refractivity contribution in [2.45, 2.75) is 317 Å². The molecule has 0 heterocycles. The topological polar surface area (TPSA) is 237 Å². The zero-order chi connectivity index (χ0) is 59.4. The smallest absolute Gasteiger partial charge is 0.462 e. The number of ether oxygens (including phenoxy) is 4. The maximum Gasteiger partial charge on any atom is 0.472 e. The van der Waals surface area contributed by atoms with Crippen molar-refractivity contribution in [1.29, 1.82) is 0 Å². The Morgan fingerprint density at radius 1 is 0.338 bits per heavy atom. The molecule has 0 aliphatic rings. The van der Waals surface area contributed by atoms with E-state index in [9.17, 15) is 43.2 Å². The van der Waals surface area contributed by atoms with Gasteiger partial charge >= 0.3 is 39.5 Å². The Bertz CT molecular complexity index is 1580. The minimum Gasteiger partial charge on any atom is -0.462 e. The quantitative estimate of drug-likeness (QED) is 0.0222. The highest BCUT2D eigenvalue weighted by Crippen LogP contribution is 2.45. The molecular weight excluding hydrogens is 1070 g/mol. The van der Waals surface area contributed by atoms with Gasteiger partial charge in [0.2, 0.25) is 0 Å². The monoisotopic (exact) mass is 1180 g/mol. The molecule has 80 heavy (non-hydrogen) atoms. The molecule has 5 atom stereocenters. The van der Waals surface area contributed by atoms with E-state index in [4.69, 9.17) is 37.0 Å². The van der Waals surface area contributed by atoms with Crippen LogP contribution in [0, 0.1) is 11.8 Å². The summed E-state index contributed by atoms with van der Waals surface area (Å²) >= 11 is 0. The lowest BCUT2D eigenvalue weighted by Gasteiger charge is -2.21. The highest BCUT2D eigenvalue weighted by molar-refractivity contribution is 7.47. The molecule has 0 saturated carbocycles. The second kappa shape index (κ2) is 53.8. The Morgan fingerprint density at radius 2 is 0.575 bits per heavy atom. The fourth-order valence-corrected chi connectivity index (χ4v) is 10.6. The lowest BCUT2D eigenvalue weighted by atomic mass is 10.0. The third-order valence-electron chi connectivity index (χ3n) is 14.0. The van der Waals surface area contributed by atoms with E-state index in [0.717, 1.165) is 102 Å². The van der Waals surface area contributed by atoms with Gasteiger partial charge < -0.3 is 33.8 Å². The number of carbonyl (C=O) groups excluding carboxylic acids is 4. The Hall–Kier alpha value is -1.94. The highest BCUT2D eigenvalue weighted by Gasteiger charge is 2.30. The van der Waals surface area contributed by atoms with Crippen molar-refractivity contribution in [3.05, 3.63) is 0 Å². The van der Waals surface area contributed by atoms with Crippen molar-refractivity contribution < 1.29 is 80.2 Å². The predicted octanol–water partition coefficient (Wildman–Crippen LogP) is 16.5. The number of carbonyl (C=O) groups is 4. The number of esters is 4. The lowest BCUT2D eigenvalue weighted by molar-refractivity contribution is -0.161. The second-order valence-electron chi connectivity index (χ2n) is 23.0. The normalized spacial score (nSPS) is 14.4. The first kappa shape index (κ1) is 78.1. The minimum absolute atomic E-state index is 0.102. The van der Waals surface area contributed by atoms with Crippen LogP contribution in [0.4, 0.5) is 0 Å². The molecule has 474 valence electrons. The van der Waals surface area contributed by atoms with E-state index in [1.54, 1.807) is 0 Å². The fourth-order valence-electron chi connectivity index (χ4n) is 9.00. The van der Waals surface area contributed by atoms with Gasteiger partial charge in [0.15, 0.2) is 12.2 Å². The molecular formula is C61H118O17P2. The molecule has 0 aliphatic heterocycles. The second-order valence-corrected chi connectivity index (χ2v) is 25.9. The zero-order valence-electron chi connectivity index (χ0n) is 51.4. The van der Waals surface area contributed by atoms with Crippen LogP contribution in [-0.2, 0) is 65.4 Å². The zero-order valence-corrected chi connectivity index (χ0v) is 53.2. The average Bonchev–Trinajstić information content (AvgIpc) is 3.41. The van der Waals surface area contributed by atoms with Gasteiger partial charge in [-0.15, -0.1) is 0 Å². The van der Waals surface area contributed by atoms with Gasteiger partial charge in [-0.25, -0.2) is 9.13 Å². The van der Waals surface area contributed by atoms with Crippen molar-refractivity contribution in [1.82, 2.24) is 0 Å². The van der Waals surface area contributed by atoms with E-state index in [2.05, 4.69) is 41.5 Å². The van der Waals surface area contributed by atoms with Crippen LogP contribution >= 0.6 is 15.6 Å². The maximum atomic E-state index is 12.9. The molecule has 0 aromatic carbocycles. The predicted molar refractivity (Wildman–Crippen MR) is 317 cm³/mol. The summed E-state index contributed by atoms with van der Waals surface area (Å²) in [6.45, 7) is 9.30. The number of hydrogen-bond acceptors (Lipinski definition) is 15. The minimum atomic E-state index is -4.94. The molecule has 0 radical (unpaired) electrons. The first-order valence-corrected chi connectivity index (χ1v) is 35.0. The van der Waals surface area contributed by atoms with E-state index in [1.807, 2.05) is 0 Å². The molecule has 0 amide bonds. The summed E-state index contributed by atoms with van der Waals surface area (Å²) < 4.78 is 67.7. The molecule has 0 rings (SSSR count). The van der Waals surface area contributed by atoms with Gasteiger partial charge in [-0.3, -0.25) is 37.3 Å². The van der Waals surface area contributed by atoms with E-state index < -0.39 is 97.5 Å². The summed E-state index contributed by atoms with van der Waals surface area (Å²) in [5.41, 5.74) is 0. The van der Waals surface area contributed by atoms with E-state index >= 15 is 0 Å². The van der Waals surface area contributed by atoms with E-state index in [1.165, 1.54) is 109 Å². The molecule has 3 N–H and O–H groups in total. The maximum absolute atomic E-state index is 12.9. The summed E-state index contributed by atoms with van der Waals surface area (Å²) in [5.74, 6) is -0.709. The number of hydrogen-bond donors (Lipinski definition) is 3. The van der Waals surface area contributed by atoms with Gasteiger partial charge in [0.05, 0.1) is 26.4 Å². The van der Waals surface area contributed by atoms with Gasteiger partial charge in [0.25, 0.3) is 0 Å². The molecule has 19 heteroatoms. The highest BCUT2D eigenvalue weighted by atomic mass is 31.2. The molecule has 0 bridgehead atoms. The van der Waals surface area contributed by atoms with Crippen molar-refractivity contribution in [2.75, 3.05) is 39.6 Å². The van der Waals surface area contributed by atoms with Gasteiger partial charge in [-0.2, -0.15) is 0 Å². The van der Waals surface area contributed by atoms with E-state index in [-0.39, 0.29) is 25.7 Å². The molecule has 0 spiro atoms. The fraction of sp³-hybridized carbons (Fsp3) is 0.934. The van der Waals surface area contributed by atoms with Crippen LogP contribution in [0.25, 0.3) is 0 Å². The molecule has 2 unspecified atom stereocenters. The average molecular weight is 1190 g/mol. The van der Waals surface area contributed by atoms with Crippen LogP contribution in [0.3, 0.4) is 0 Å². The van der Waals surface area contributed by atoms with Gasteiger partial charge in [0.1, 0.15) is 19.3 Å². The molecule has 0 aliphatic carbocycles. The van der Waals surface area contributed by atoms with Gasteiger partial charge in [-0.1, -0.05) is 247 Å². The molecule has 17 nitrogen and oxygen atoms in total. The third kappa shape index (κ3) is 55.3. The van der Waals surface area contributed by atoms with Crippen LogP contribution in [0.2, 0.25) is 0 Å². The standard InChI is InChI=1S/C61H118O17P2/c1-7-9-11-13-14-15-16-17-18-21-27-33-39-45-60(65)78-57(50-72-59(64)44-38-32-26-22-19-20-24-30-35-41-53(3)4)52-76-80(69,70)74-48-55(62)47-73-79(67,68)75-51-56(49-71-58(63)43-37-29-12-10-8-2)77-61(66)46-40-34-28-23-25-31-36-42-54(5)6/h53-57,62H,7-52H2,1-6H3,(H,67,68)(H,69,70)/t55-,56+,57+/m0/s1. The largest absolute Gasteiger partial charge is 0.472 e. The van der Waals surface area contributed by atoms with Crippen LogP contribution < -0.4 is 0 Å². The summed E-state index contributed by atoms with van der Waals surface area (Å²) in [6.07, 6.45) is 35.2. The number of rotatable bonds is 60. The summed E-state index contributed by atoms with van der Waals surface area (Å²) in [4.78, 5) is 71.8. The molecule has 0 fully saturated rings. The van der Waals surface area contributed by atoms with Crippen molar-refractivity contribution in [3.8, 4) is 0 Å².